The number of benzene rings is 5. The predicted octanol–water partition coefficient (Wildman–Crippen LogP) is 12.2. The van der Waals surface area contributed by atoms with Crippen molar-refractivity contribution in [1.82, 2.24) is 19.5 Å². The van der Waals surface area contributed by atoms with Gasteiger partial charge in [-0.15, -0.1) is 18.2 Å². The topological polar surface area (TPSA) is 56.7 Å². The summed E-state index contributed by atoms with van der Waals surface area (Å²) in [4.78, 5) is 14.2. The molecule has 0 unspecified atom stereocenters. The van der Waals surface area contributed by atoms with Crippen molar-refractivity contribution >= 4 is 61.5 Å². The van der Waals surface area contributed by atoms with Crippen molar-refractivity contribution in [3.8, 4) is 28.3 Å². The van der Waals surface area contributed by atoms with Crippen LogP contribution in [-0.2, 0) is 26.5 Å². The molecule has 5 nitrogen and oxygen atoms in total. The fourth-order valence-corrected chi connectivity index (χ4v) is 9.87. The van der Waals surface area contributed by atoms with E-state index in [1.165, 1.54) is 16.8 Å². The van der Waals surface area contributed by atoms with Gasteiger partial charge in [0.15, 0.2) is 0 Å². The standard InChI is InChI=1S/C29H18N3O.C20H28GeN.Ir/c1-18-13-16-23-22-9-6-10-24(27(22)33-29(23)30-18)28-31-25-11-4-5-12-26(25)32(28)21-15-14-19-7-2-3-8-20(19)17-21;1-15-8-10-16(11-9-15)19-12-17(13-20(2,3)4)18(14-22-19)21(5,6)7;/h2-9,11-17H,1H3;8-10,12,14H,13H2,1-7H3;/q2*-1;/i;1D3,13D2;. The number of rotatable bonds is 5. The normalized spacial score (nSPS) is 13.7. The molecule has 5 aromatic carbocycles. The molecular formula is C49H46GeIrN4O-2. The Morgan fingerprint density at radius 1 is 0.839 bits per heavy atom. The second-order valence-corrected chi connectivity index (χ2v) is 26.6. The van der Waals surface area contributed by atoms with Crippen LogP contribution in [0, 0.1) is 31.3 Å². The Morgan fingerprint density at radius 3 is 2.38 bits per heavy atom. The molecule has 283 valence electrons. The Labute approximate surface area is 353 Å². The van der Waals surface area contributed by atoms with Crippen molar-refractivity contribution in [2.45, 2.75) is 58.2 Å². The van der Waals surface area contributed by atoms with Crippen LogP contribution in [0.25, 0.3) is 72.2 Å². The molecule has 0 bridgehead atoms. The summed E-state index contributed by atoms with van der Waals surface area (Å²) >= 11 is -2.36. The maximum atomic E-state index is 8.80. The smallest absolute Gasteiger partial charge is 0 e. The molecule has 9 aromatic rings. The van der Waals surface area contributed by atoms with Crippen LogP contribution in [0.2, 0.25) is 17.3 Å². The van der Waals surface area contributed by atoms with Crippen LogP contribution in [-0.4, -0.2) is 32.8 Å². The van der Waals surface area contributed by atoms with E-state index in [1.807, 2.05) is 76.4 Å². The Balaban J connectivity index is 0.000000186. The van der Waals surface area contributed by atoms with Gasteiger partial charge in [0.2, 0.25) is 5.71 Å². The Bertz CT molecular complexity index is 3050. The molecule has 0 fully saturated rings. The molecule has 4 aromatic heterocycles. The zero-order valence-corrected chi connectivity index (χ0v) is 37.1. The molecule has 1 radical (unpaired) electrons. The number of imidazole rings is 1. The van der Waals surface area contributed by atoms with E-state index in [1.54, 1.807) is 12.1 Å². The van der Waals surface area contributed by atoms with Crippen LogP contribution < -0.4 is 4.40 Å². The minimum absolute atomic E-state index is 0. The first kappa shape index (κ1) is 33.3. The Kier molecular flexibility index (Phi) is 9.26. The molecular weight excluding hydrogens is 925 g/mol. The molecule has 0 spiro atoms. The molecule has 0 atom stereocenters. The van der Waals surface area contributed by atoms with E-state index < -0.39 is 31.9 Å². The van der Waals surface area contributed by atoms with Gasteiger partial charge in [-0.3, -0.25) is 4.98 Å². The Morgan fingerprint density at radius 2 is 1.62 bits per heavy atom. The van der Waals surface area contributed by atoms with E-state index in [0.29, 0.717) is 22.5 Å². The van der Waals surface area contributed by atoms with Gasteiger partial charge < -0.3 is 8.98 Å². The number of nitrogens with zero attached hydrogens (tertiary/aromatic N) is 4. The van der Waals surface area contributed by atoms with Crippen molar-refractivity contribution in [2.24, 2.45) is 5.41 Å². The van der Waals surface area contributed by atoms with E-state index >= 15 is 0 Å². The van der Waals surface area contributed by atoms with Crippen LogP contribution in [0.1, 0.15) is 44.4 Å². The number of hydrogen-bond acceptors (Lipinski definition) is 4. The summed E-state index contributed by atoms with van der Waals surface area (Å²) in [5.41, 5.74) is 7.81. The molecule has 7 heteroatoms. The maximum absolute atomic E-state index is 8.80. The van der Waals surface area contributed by atoms with Crippen molar-refractivity contribution in [2.75, 3.05) is 0 Å². The number of aryl methyl sites for hydroxylation is 2. The average Bonchev–Trinajstić information content (AvgIpc) is 3.78. The summed E-state index contributed by atoms with van der Waals surface area (Å²) in [6, 6.07) is 44.1. The second-order valence-electron chi connectivity index (χ2n) is 16.0. The second kappa shape index (κ2) is 15.6. The van der Waals surface area contributed by atoms with Gasteiger partial charge in [0.25, 0.3) is 0 Å². The van der Waals surface area contributed by atoms with Crippen LogP contribution in [0.3, 0.4) is 0 Å². The van der Waals surface area contributed by atoms with E-state index in [-0.39, 0.29) is 25.7 Å². The number of para-hydroxylation sites is 2. The minimum Gasteiger partial charge on any atom is 0 e. The van der Waals surface area contributed by atoms with E-state index in [2.05, 4.69) is 98.5 Å². The fourth-order valence-electron chi connectivity index (χ4n) is 6.94. The van der Waals surface area contributed by atoms with Gasteiger partial charge in [-0.1, -0.05) is 53.4 Å². The quantitative estimate of drug-likeness (QED) is 0.127. The van der Waals surface area contributed by atoms with Crippen LogP contribution in [0.4, 0.5) is 0 Å². The van der Waals surface area contributed by atoms with E-state index in [4.69, 9.17) is 16.3 Å². The van der Waals surface area contributed by atoms with Crippen LogP contribution in [0.15, 0.2) is 126 Å². The van der Waals surface area contributed by atoms with Crippen molar-refractivity contribution in [3.05, 3.63) is 150 Å². The molecule has 0 N–H and O–H groups in total. The Hall–Kier alpha value is -4.88. The van der Waals surface area contributed by atoms with E-state index in [0.717, 1.165) is 54.6 Å². The molecule has 0 aliphatic heterocycles. The molecule has 4 heterocycles. The summed E-state index contributed by atoms with van der Waals surface area (Å²) < 4.78 is 49.6. The molecule has 0 saturated carbocycles. The first-order chi connectivity index (χ1) is 28.3. The molecule has 9 rings (SSSR count). The zero-order valence-electron chi connectivity index (χ0n) is 37.6. The van der Waals surface area contributed by atoms with Crippen molar-refractivity contribution in [1.29, 1.82) is 0 Å². The predicted molar refractivity (Wildman–Crippen MR) is 232 cm³/mol. The summed E-state index contributed by atoms with van der Waals surface area (Å²) in [6.07, 6.45) is 0.303. The molecule has 0 aliphatic carbocycles. The van der Waals surface area contributed by atoms with Crippen LogP contribution in [0.5, 0.6) is 0 Å². The molecule has 0 amide bonds. The maximum Gasteiger partial charge on any atom is 0 e. The molecule has 0 aliphatic rings. The third-order valence-electron chi connectivity index (χ3n) is 9.52. The first-order valence-electron chi connectivity index (χ1n) is 21.0. The van der Waals surface area contributed by atoms with Gasteiger partial charge in [0.05, 0.1) is 22.4 Å². The minimum atomic E-state index is -2.36. The van der Waals surface area contributed by atoms with Crippen molar-refractivity contribution < 1.29 is 31.4 Å². The van der Waals surface area contributed by atoms with Gasteiger partial charge in [0, 0.05) is 36.9 Å². The first-order valence-corrected chi connectivity index (χ1v) is 25.9. The van der Waals surface area contributed by atoms with Gasteiger partial charge in [-0.05, 0) is 54.1 Å². The largest absolute Gasteiger partial charge is 0 e. The molecule has 56 heavy (non-hydrogen) atoms. The number of pyridine rings is 2. The summed E-state index contributed by atoms with van der Waals surface area (Å²) in [5.74, 6) is 7.50. The fraction of sp³-hybridized carbons (Fsp3) is 0.204. The van der Waals surface area contributed by atoms with E-state index in [9.17, 15) is 0 Å². The average molecular weight is 977 g/mol. The zero-order chi connectivity index (χ0) is 42.8. The number of aromatic nitrogens is 4. The monoisotopic (exact) mass is 978 g/mol. The van der Waals surface area contributed by atoms with Gasteiger partial charge in [-0.2, -0.15) is 0 Å². The summed E-state index contributed by atoms with van der Waals surface area (Å²) in [7, 11) is 0. The molecule has 0 saturated heterocycles. The SMILES string of the molecule is Cc1ccc2c(n1)oc1c(-c3nc4ccccc4n3-c3ccc4ccccc4c3)[c-]ccc12.[2H]C([2H])([2H])c1c[c-]c(-c2cc(C([2H])([2H])C(C)(C)C)[c]([Ge]([CH3])([CH3])[CH3])cn2)cc1.[Ir]. The van der Waals surface area contributed by atoms with Crippen molar-refractivity contribution in [3.63, 3.8) is 0 Å². The number of furan rings is 1. The third kappa shape index (κ3) is 8.02. The third-order valence-corrected chi connectivity index (χ3v) is 13.8. The van der Waals surface area contributed by atoms with Gasteiger partial charge in [0.1, 0.15) is 0 Å². The summed E-state index contributed by atoms with van der Waals surface area (Å²) in [6.45, 7) is 5.53. The van der Waals surface area contributed by atoms with Crippen LogP contribution >= 0.6 is 0 Å². The summed E-state index contributed by atoms with van der Waals surface area (Å²) in [5, 5.41) is 4.41. The van der Waals surface area contributed by atoms with Gasteiger partial charge >= 0.3 is 145 Å². The number of hydrogen-bond donors (Lipinski definition) is 0. The van der Waals surface area contributed by atoms with Gasteiger partial charge in [-0.25, -0.2) is 4.98 Å². The number of fused-ring (bicyclic) bond motifs is 5.